The fraction of sp³-hybridized carbons (Fsp3) is 0.829. The van der Waals surface area contributed by atoms with Crippen LogP contribution in [0.1, 0.15) is 155 Å². The van der Waals surface area contributed by atoms with Crippen molar-refractivity contribution in [1.82, 2.24) is 0 Å². The van der Waals surface area contributed by atoms with Crippen LogP contribution in [0, 0.1) is 0 Å². The Morgan fingerprint density at radius 1 is 0.640 bits per heavy atom. The molecule has 1 heterocycles. The van der Waals surface area contributed by atoms with Crippen LogP contribution in [0.5, 0.6) is 0 Å². The second kappa shape index (κ2) is 33.3. The Morgan fingerprint density at radius 3 is 1.80 bits per heavy atom. The fourth-order valence-electron chi connectivity index (χ4n) is 5.79. The number of ether oxygens (including phenoxy) is 4. The van der Waals surface area contributed by atoms with E-state index in [1.54, 1.807) is 0 Å². The highest BCUT2D eigenvalue weighted by Crippen LogP contribution is 2.22. The lowest BCUT2D eigenvalue weighted by Gasteiger charge is -2.39. The van der Waals surface area contributed by atoms with E-state index in [1.165, 1.54) is 64.2 Å². The van der Waals surface area contributed by atoms with Gasteiger partial charge in [-0.05, 0) is 64.2 Å². The molecule has 6 atom stereocenters. The van der Waals surface area contributed by atoms with Crippen molar-refractivity contribution in [2.75, 3.05) is 26.4 Å². The number of rotatable bonds is 33. The van der Waals surface area contributed by atoms with Crippen LogP contribution < -0.4 is 0 Å². The molecule has 1 rings (SSSR count). The number of esters is 1. The SMILES string of the molecule is CCCC/C=C\CCCCCCCCOCC(COC1OC(CO)C(O)C(O)C1O)OC(=O)CCCCCCC/C=C\C/C=C\CCCCC. The minimum atomic E-state index is -1.54. The summed E-state index contributed by atoms with van der Waals surface area (Å²) >= 11 is 0. The molecule has 1 aliphatic heterocycles. The molecule has 0 aromatic rings. The summed E-state index contributed by atoms with van der Waals surface area (Å²) in [6, 6.07) is 0. The molecule has 1 saturated heterocycles. The van der Waals surface area contributed by atoms with Gasteiger partial charge in [0.05, 0.1) is 19.8 Å². The summed E-state index contributed by atoms with van der Waals surface area (Å²) in [5, 5.41) is 40.0. The van der Waals surface area contributed by atoms with Crippen molar-refractivity contribution in [2.24, 2.45) is 0 Å². The van der Waals surface area contributed by atoms with Crippen molar-refractivity contribution in [3.05, 3.63) is 36.5 Å². The molecule has 6 unspecified atom stereocenters. The van der Waals surface area contributed by atoms with E-state index in [4.69, 9.17) is 18.9 Å². The maximum Gasteiger partial charge on any atom is 0.306 e. The van der Waals surface area contributed by atoms with Crippen LogP contribution in [0.4, 0.5) is 0 Å². The van der Waals surface area contributed by atoms with E-state index in [1.807, 2.05) is 0 Å². The molecule has 0 aromatic heterocycles. The zero-order valence-electron chi connectivity index (χ0n) is 31.6. The maximum absolute atomic E-state index is 12.7. The van der Waals surface area contributed by atoms with Gasteiger partial charge >= 0.3 is 5.97 Å². The number of allylic oxidation sites excluding steroid dienone is 6. The van der Waals surface area contributed by atoms with Crippen LogP contribution in [-0.4, -0.2) is 89.6 Å². The van der Waals surface area contributed by atoms with Gasteiger partial charge in [0.1, 0.15) is 30.5 Å². The van der Waals surface area contributed by atoms with Gasteiger partial charge in [0.25, 0.3) is 0 Å². The van der Waals surface area contributed by atoms with E-state index in [9.17, 15) is 25.2 Å². The summed E-state index contributed by atoms with van der Waals surface area (Å²) in [5.74, 6) is -0.332. The smallest absolute Gasteiger partial charge is 0.306 e. The van der Waals surface area contributed by atoms with Crippen molar-refractivity contribution in [3.8, 4) is 0 Å². The van der Waals surface area contributed by atoms with Gasteiger partial charge in [-0.15, -0.1) is 0 Å². The van der Waals surface area contributed by atoms with Crippen LogP contribution in [0.15, 0.2) is 36.5 Å². The third-order valence-electron chi connectivity index (χ3n) is 9.03. The van der Waals surface area contributed by atoms with Crippen LogP contribution in [-0.2, 0) is 23.7 Å². The Labute approximate surface area is 304 Å². The summed E-state index contributed by atoms with van der Waals surface area (Å²) in [4.78, 5) is 12.7. The van der Waals surface area contributed by atoms with E-state index in [-0.39, 0.29) is 19.2 Å². The highest BCUT2D eigenvalue weighted by Gasteiger charge is 2.44. The quantitative estimate of drug-likeness (QED) is 0.0303. The number of aliphatic hydroxyl groups is 4. The summed E-state index contributed by atoms with van der Waals surface area (Å²) < 4.78 is 22.7. The first kappa shape index (κ1) is 46.4. The molecular weight excluding hydrogens is 636 g/mol. The number of carbonyl (C=O) groups is 1. The standard InChI is InChI=1S/C41H74O9/c1-3-5-7-9-11-13-15-17-18-19-20-22-24-26-28-30-37(43)49-35(34-48-41-40(46)39(45)38(44)36(32-42)50-41)33-47-31-29-27-25-23-21-16-14-12-10-8-6-4-2/h10-13,17-18,35-36,38-42,44-46H,3-9,14-16,19-34H2,1-2H3/b12-10-,13-11-,18-17-. The average Bonchev–Trinajstić information content (AvgIpc) is 3.11. The number of aliphatic hydroxyl groups excluding tert-OH is 4. The van der Waals surface area contributed by atoms with Gasteiger partial charge in [-0.2, -0.15) is 0 Å². The molecule has 0 spiro atoms. The molecule has 0 bridgehead atoms. The number of hydrogen-bond donors (Lipinski definition) is 4. The van der Waals surface area contributed by atoms with Gasteiger partial charge in [-0.25, -0.2) is 0 Å². The highest BCUT2D eigenvalue weighted by molar-refractivity contribution is 5.69. The van der Waals surface area contributed by atoms with Crippen LogP contribution in [0.3, 0.4) is 0 Å². The summed E-state index contributed by atoms with van der Waals surface area (Å²) in [6.07, 6.45) is 30.2. The fourth-order valence-corrected chi connectivity index (χ4v) is 5.79. The molecule has 0 aliphatic carbocycles. The third-order valence-corrected chi connectivity index (χ3v) is 9.03. The van der Waals surface area contributed by atoms with Crippen molar-refractivity contribution in [1.29, 1.82) is 0 Å². The molecule has 1 aliphatic rings. The van der Waals surface area contributed by atoms with Crippen molar-refractivity contribution in [2.45, 2.75) is 192 Å². The first-order valence-electron chi connectivity index (χ1n) is 20.1. The molecule has 9 heteroatoms. The van der Waals surface area contributed by atoms with Gasteiger partial charge in [0.2, 0.25) is 0 Å². The maximum atomic E-state index is 12.7. The second-order valence-electron chi connectivity index (χ2n) is 13.7. The number of unbranched alkanes of at least 4 members (excludes halogenated alkanes) is 16. The molecule has 0 amide bonds. The van der Waals surface area contributed by atoms with Crippen LogP contribution in [0.25, 0.3) is 0 Å². The first-order chi connectivity index (χ1) is 24.4. The number of hydrogen-bond acceptors (Lipinski definition) is 9. The number of carbonyl (C=O) groups excluding carboxylic acids is 1. The summed E-state index contributed by atoms with van der Waals surface area (Å²) in [6.45, 7) is 4.45. The van der Waals surface area contributed by atoms with E-state index in [0.29, 0.717) is 13.0 Å². The normalized spacial score (nSPS) is 21.9. The molecule has 0 saturated carbocycles. The van der Waals surface area contributed by atoms with Crippen molar-refractivity contribution >= 4 is 5.97 Å². The predicted octanol–water partition coefficient (Wildman–Crippen LogP) is 8.02. The van der Waals surface area contributed by atoms with E-state index < -0.39 is 43.4 Å². The van der Waals surface area contributed by atoms with E-state index in [2.05, 4.69) is 50.3 Å². The van der Waals surface area contributed by atoms with Gasteiger partial charge in [0, 0.05) is 13.0 Å². The Kier molecular flexibility index (Phi) is 30.9. The zero-order chi connectivity index (χ0) is 36.5. The van der Waals surface area contributed by atoms with Gasteiger partial charge < -0.3 is 39.4 Å². The van der Waals surface area contributed by atoms with E-state index >= 15 is 0 Å². The predicted molar refractivity (Wildman–Crippen MR) is 201 cm³/mol. The minimum absolute atomic E-state index is 0.122. The zero-order valence-corrected chi connectivity index (χ0v) is 31.6. The lowest BCUT2D eigenvalue weighted by molar-refractivity contribution is -0.305. The van der Waals surface area contributed by atoms with Crippen molar-refractivity contribution < 1.29 is 44.2 Å². The van der Waals surface area contributed by atoms with Crippen LogP contribution in [0.2, 0.25) is 0 Å². The Hall–Kier alpha value is -1.59. The van der Waals surface area contributed by atoms with Gasteiger partial charge in [-0.3, -0.25) is 4.79 Å². The topological polar surface area (TPSA) is 135 Å². The third kappa shape index (κ3) is 24.6. The Bertz CT molecular complexity index is 859. The van der Waals surface area contributed by atoms with Crippen molar-refractivity contribution in [3.63, 3.8) is 0 Å². The first-order valence-corrected chi connectivity index (χ1v) is 20.1. The molecule has 50 heavy (non-hydrogen) atoms. The largest absolute Gasteiger partial charge is 0.457 e. The molecular formula is C41H74O9. The van der Waals surface area contributed by atoms with Gasteiger partial charge in [0.15, 0.2) is 6.29 Å². The molecule has 4 N–H and O–H groups in total. The molecule has 0 aromatic carbocycles. The Balaban J connectivity index is 2.33. The average molecular weight is 711 g/mol. The Morgan fingerprint density at radius 2 is 1.18 bits per heavy atom. The lowest BCUT2D eigenvalue weighted by atomic mass is 9.99. The summed E-state index contributed by atoms with van der Waals surface area (Å²) in [5.41, 5.74) is 0. The molecule has 292 valence electrons. The monoisotopic (exact) mass is 711 g/mol. The van der Waals surface area contributed by atoms with Gasteiger partial charge in [-0.1, -0.05) is 121 Å². The lowest BCUT2D eigenvalue weighted by Crippen LogP contribution is -2.59. The van der Waals surface area contributed by atoms with Crippen LogP contribution >= 0.6 is 0 Å². The molecule has 0 radical (unpaired) electrons. The second-order valence-corrected chi connectivity index (χ2v) is 13.7. The molecule has 9 nitrogen and oxygen atoms in total. The molecule has 1 fully saturated rings. The highest BCUT2D eigenvalue weighted by atomic mass is 16.7. The summed E-state index contributed by atoms with van der Waals surface area (Å²) in [7, 11) is 0. The minimum Gasteiger partial charge on any atom is -0.457 e. The van der Waals surface area contributed by atoms with E-state index in [0.717, 1.165) is 70.6 Å².